The van der Waals surface area contributed by atoms with Crippen molar-refractivity contribution < 1.29 is 57.5 Å². The number of alkyl halides is 3. The molecule has 0 atom stereocenters. The Morgan fingerprint density at radius 2 is 1.38 bits per heavy atom. The van der Waals surface area contributed by atoms with Crippen LogP contribution in [0.2, 0.25) is 0 Å². The summed E-state index contributed by atoms with van der Waals surface area (Å²) in [5.74, 6) is -7.39. The molecule has 0 amide bonds. The Balaban J connectivity index is 0.000000750. The van der Waals surface area contributed by atoms with E-state index in [4.69, 9.17) is 39.6 Å². The number of likely N-dealkylation sites (tertiary alicyclic amines) is 1. The fraction of sp³-hybridized carbons (Fsp3) is 0.500. The van der Waals surface area contributed by atoms with Crippen LogP contribution < -0.4 is 4.74 Å². The van der Waals surface area contributed by atoms with Crippen molar-refractivity contribution in [2.75, 3.05) is 39.8 Å². The number of para-hydroxylation sites is 1. The fourth-order valence-corrected chi connectivity index (χ4v) is 2.68. The topological polar surface area (TPSA) is 165 Å². The number of carboxylic acids is 4. The minimum atomic E-state index is -4.64. The summed E-state index contributed by atoms with van der Waals surface area (Å²) in [5, 5.41) is 29.6. The molecule has 1 fully saturated rings. The molecule has 2 rings (SSSR count). The summed E-state index contributed by atoms with van der Waals surface area (Å²) in [5.41, 5.74) is 0.591. The highest BCUT2D eigenvalue weighted by atomic mass is 19.4. The molecule has 1 aliphatic heterocycles. The average Bonchev–Trinajstić information content (AvgIpc) is 3.25. The molecule has 0 spiro atoms. The summed E-state index contributed by atoms with van der Waals surface area (Å²) >= 11 is 0. The van der Waals surface area contributed by atoms with Crippen LogP contribution in [0, 0.1) is 0 Å². The van der Waals surface area contributed by atoms with Crippen LogP contribution in [0.5, 0.6) is 5.75 Å². The quantitative estimate of drug-likeness (QED) is 0.404. The minimum Gasteiger partial charge on any atom is -0.473 e. The summed E-state index contributed by atoms with van der Waals surface area (Å²) < 4.78 is 41.2. The van der Waals surface area contributed by atoms with Crippen molar-refractivity contribution >= 4 is 23.9 Å². The second-order valence-electron chi connectivity index (χ2n) is 6.98. The lowest BCUT2D eigenvalue weighted by Crippen LogP contribution is -2.32. The molecule has 0 unspecified atom stereocenters. The first-order chi connectivity index (χ1) is 15.7. The predicted molar refractivity (Wildman–Crippen MR) is 111 cm³/mol. The molecular formula is C20H27F3N2O9. The number of carbonyl (C=O) groups is 4. The number of carboxylic acid groups (broad SMARTS) is 4. The molecule has 1 aromatic carbocycles. The molecule has 0 radical (unpaired) electrons. The van der Waals surface area contributed by atoms with Gasteiger partial charge in [-0.3, -0.25) is 0 Å². The molecule has 0 bridgehead atoms. The van der Waals surface area contributed by atoms with Crippen LogP contribution >= 0.6 is 0 Å². The summed E-state index contributed by atoms with van der Waals surface area (Å²) in [6, 6.07) is 6.35. The zero-order valence-electron chi connectivity index (χ0n) is 18.3. The van der Waals surface area contributed by atoms with Crippen LogP contribution in [0.1, 0.15) is 18.4 Å². The smallest absolute Gasteiger partial charge is 0.473 e. The number of rotatable bonds is 7. The maximum atomic E-state index is 12.4. The maximum absolute atomic E-state index is 12.4. The van der Waals surface area contributed by atoms with Gasteiger partial charge in [-0.05, 0) is 51.0 Å². The van der Waals surface area contributed by atoms with Crippen molar-refractivity contribution in [2.24, 2.45) is 0 Å². The molecule has 1 saturated heterocycles. The molecule has 192 valence electrons. The van der Waals surface area contributed by atoms with Gasteiger partial charge in [0.15, 0.2) is 0 Å². The Morgan fingerprint density at radius 3 is 1.82 bits per heavy atom. The number of likely N-dealkylation sites (N-methyl/N-ethyl adjacent to an activating group) is 1. The van der Waals surface area contributed by atoms with Crippen LogP contribution in [0.15, 0.2) is 24.3 Å². The molecular weight excluding hydrogens is 469 g/mol. The minimum absolute atomic E-state index is 0.0945. The first-order valence-electron chi connectivity index (χ1n) is 9.90. The Labute approximate surface area is 192 Å². The fourth-order valence-electron chi connectivity index (χ4n) is 2.68. The molecule has 0 saturated carbocycles. The molecule has 1 aromatic rings. The number of hydrogen-bond donors (Lipinski definition) is 4. The van der Waals surface area contributed by atoms with Gasteiger partial charge in [-0.25, -0.2) is 19.2 Å². The second-order valence-corrected chi connectivity index (χ2v) is 6.98. The van der Waals surface area contributed by atoms with Gasteiger partial charge in [0.2, 0.25) is 0 Å². The van der Waals surface area contributed by atoms with Gasteiger partial charge in [-0.1, -0.05) is 18.2 Å². The summed E-state index contributed by atoms with van der Waals surface area (Å²) in [6.45, 7) is 5.00. The lowest BCUT2D eigenvalue weighted by atomic mass is 10.1. The van der Waals surface area contributed by atoms with Crippen LogP contribution in [0.3, 0.4) is 0 Å². The van der Waals surface area contributed by atoms with E-state index in [0.717, 1.165) is 26.2 Å². The van der Waals surface area contributed by atoms with Crippen LogP contribution in [0.25, 0.3) is 0 Å². The monoisotopic (exact) mass is 496 g/mol. The normalized spacial score (nSPS) is 13.2. The van der Waals surface area contributed by atoms with E-state index < -0.39 is 30.2 Å². The highest BCUT2D eigenvalue weighted by Crippen LogP contribution is 2.26. The number of aliphatic carboxylic acids is 4. The highest BCUT2D eigenvalue weighted by molar-refractivity contribution is 6.27. The Bertz CT molecular complexity index is 765. The van der Waals surface area contributed by atoms with E-state index in [1.165, 1.54) is 18.9 Å². The van der Waals surface area contributed by atoms with E-state index in [-0.39, 0.29) is 5.75 Å². The Morgan fingerprint density at radius 1 is 0.912 bits per heavy atom. The van der Waals surface area contributed by atoms with Crippen LogP contribution in [-0.2, 0) is 25.6 Å². The molecule has 4 N–H and O–H groups in total. The lowest BCUT2D eigenvalue weighted by Gasteiger charge is -2.21. The van der Waals surface area contributed by atoms with E-state index >= 15 is 0 Å². The highest BCUT2D eigenvalue weighted by Gasteiger charge is 2.31. The molecule has 14 heteroatoms. The first kappa shape index (κ1) is 30.6. The number of benzene rings is 1. The van der Waals surface area contributed by atoms with E-state index in [9.17, 15) is 13.2 Å². The van der Waals surface area contributed by atoms with E-state index in [1.807, 2.05) is 7.05 Å². The van der Waals surface area contributed by atoms with Crippen molar-refractivity contribution in [3.05, 3.63) is 29.8 Å². The van der Waals surface area contributed by atoms with Gasteiger partial charge in [0.25, 0.3) is 0 Å². The predicted octanol–water partition coefficient (Wildman–Crippen LogP) is 1.47. The first-order valence-corrected chi connectivity index (χ1v) is 9.90. The van der Waals surface area contributed by atoms with Crippen LogP contribution in [-0.4, -0.2) is 100 Å². The summed E-state index contributed by atoms with van der Waals surface area (Å²) in [4.78, 5) is 41.0. The number of halogens is 3. The molecule has 1 aliphatic rings. The van der Waals surface area contributed by atoms with Crippen molar-refractivity contribution in [3.63, 3.8) is 0 Å². The SMILES string of the molecule is CN(CCc1ccccc1OC(F)(F)F)CCN1CCCC1.O=C(O)C(=O)O.O=C(O)C(=O)O. The van der Waals surface area contributed by atoms with E-state index in [0.29, 0.717) is 18.5 Å². The van der Waals surface area contributed by atoms with Gasteiger partial charge in [-0.15, -0.1) is 13.2 Å². The molecule has 0 aromatic heterocycles. The largest absolute Gasteiger partial charge is 0.573 e. The number of nitrogens with zero attached hydrogens (tertiary/aromatic N) is 2. The third-order valence-corrected chi connectivity index (χ3v) is 4.32. The van der Waals surface area contributed by atoms with Gasteiger partial charge < -0.3 is 35.0 Å². The molecule has 0 aliphatic carbocycles. The van der Waals surface area contributed by atoms with Crippen LogP contribution in [0.4, 0.5) is 13.2 Å². The maximum Gasteiger partial charge on any atom is 0.573 e. The standard InChI is InChI=1S/C16H23F3N2O.2C2H2O4/c1-20(12-13-21-9-4-5-10-21)11-8-14-6-2-3-7-15(14)22-16(17,18)19;2*3-1(4)2(5)6/h2-3,6-7H,4-5,8-13H2,1H3;2*(H,3,4)(H,5,6). The second kappa shape index (κ2) is 15.4. The summed E-state index contributed by atoms with van der Waals surface area (Å²) in [7, 11) is 2.00. The van der Waals surface area contributed by atoms with Crippen molar-refractivity contribution in [1.82, 2.24) is 9.80 Å². The van der Waals surface area contributed by atoms with Gasteiger partial charge >= 0.3 is 30.2 Å². The van der Waals surface area contributed by atoms with Crippen molar-refractivity contribution in [3.8, 4) is 5.75 Å². The molecule has 1 heterocycles. The van der Waals surface area contributed by atoms with E-state index in [2.05, 4.69) is 14.5 Å². The number of ether oxygens (including phenoxy) is 1. The van der Waals surface area contributed by atoms with Gasteiger partial charge in [0, 0.05) is 19.6 Å². The lowest BCUT2D eigenvalue weighted by molar-refractivity contribution is -0.274. The third kappa shape index (κ3) is 15.4. The third-order valence-electron chi connectivity index (χ3n) is 4.32. The molecule has 34 heavy (non-hydrogen) atoms. The van der Waals surface area contributed by atoms with Gasteiger partial charge in [0.05, 0.1) is 0 Å². The van der Waals surface area contributed by atoms with Gasteiger partial charge in [0.1, 0.15) is 5.75 Å². The van der Waals surface area contributed by atoms with Gasteiger partial charge in [-0.2, -0.15) is 0 Å². The zero-order valence-corrected chi connectivity index (χ0v) is 18.3. The number of hydrogen-bond acceptors (Lipinski definition) is 7. The Hall–Kier alpha value is -3.39. The van der Waals surface area contributed by atoms with E-state index in [1.54, 1.807) is 18.2 Å². The van der Waals surface area contributed by atoms with Crippen molar-refractivity contribution in [2.45, 2.75) is 25.6 Å². The summed E-state index contributed by atoms with van der Waals surface area (Å²) in [6.07, 6.45) is -1.56. The Kier molecular flexibility index (Phi) is 13.9. The average molecular weight is 496 g/mol. The van der Waals surface area contributed by atoms with Crippen molar-refractivity contribution in [1.29, 1.82) is 0 Å². The molecule has 11 nitrogen and oxygen atoms in total. The zero-order chi connectivity index (χ0) is 26.3.